The van der Waals surface area contributed by atoms with Crippen molar-refractivity contribution < 1.29 is 4.39 Å². The molecule has 0 aliphatic rings. The molecule has 0 aliphatic heterocycles. The molecule has 0 fully saturated rings. The van der Waals surface area contributed by atoms with Crippen molar-refractivity contribution in [3.63, 3.8) is 0 Å². The van der Waals surface area contributed by atoms with E-state index in [0.29, 0.717) is 12.0 Å². The van der Waals surface area contributed by atoms with Crippen LogP contribution in [0.15, 0.2) is 34.8 Å². The van der Waals surface area contributed by atoms with E-state index in [1.54, 1.807) is 6.07 Å². The molecule has 1 unspecified atom stereocenters. The Morgan fingerprint density at radius 2 is 1.70 bits per heavy atom. The van der Waals surface area contributed by atoms with Gasteiger partial charge in [-0.3, -0.25) is 0 Å². The molecule has 0 radical (unpaired) electrons. The summed E-state index contributed by atoms with van der Waals surface area (Å²) in [5.41, 5.74) is 11.7. The van der Waals surface area contributed by atoms with Crippen LogP contribution in [-0.4, -0.2) is 0 Å². The predicted octanol–water partition coefficient (Wildman–Crippen LogP) is 4.76. The second kappa shape index (κ2) is 6.06. The number of rotatable bonds is 3. The molecule has 2 N–H and O–H groups in total. The maximum absolute atomic E-state index is 14.0. The van der Waals surface area contributed by atoms with Gasteiger partial charge in [0.25, 0.3) is 0 Å². The number of nitrogens with two attached hydrogens (primary N) is 1. The average molecular weight is 336 g/mol. The van der Waals surface area contributed by atoms with E-state index >= 15 is 0 Å². The van der Waals surface area contributed by atoms with E-state index in [2.05, 4.69) is 48.8 Å². The summed E-state index contributed by atoms with van der Waals surface area (Å²) in [5.74, 6) is -0.255. The van der Waals surface area contributed by atoms with Crippen molar-refractivity contribution in [2.45, 2.75) is 33.2 Å². The van der Waals surface area contributed by atoms with E-state index < -0.39 is 0 Å². The monoisotopic (exact) mass is 335 g/mol. The lowest BCUT2D eigenvalue weighted by molar-refractivity contribution is 0.578. The molecule has 2 rings (SSSR count). The molecule has 0 aliphatic carbocycles. The van der Waals surface area contributed by atoms with E-state index in [4.69, 9.17) is 5.73 Å². The first kappa shape index (κ1) is 15.2. The van der Waals surface area contributed by atoms with Gasteiger partial charge >= 0.3 is 0 Å². The summed E-state index contributed by atoms with van der Waals surface area (Å²) in [4.78, 5) is 0. The third kappa shape index (κ3) is 3.28. The lowest BCUT2D eigenvalue weighted by Crippen LogP contribution is -2.16. The van der Waals surface area contributed by atoms with Gasteiger partial charge in [0.1, 0.15) is 5.82 Å². The molecule has 0 aromatic heterocycles. The van der Waals surface area contributed by atoms with Crippen molar-refractivity contribution >= 4 is 15.9 Å². The van der Waals surface area contributed by atoms with Gasteiger partial charge in [-0.05, 0) is 56.0 Å². The van der Waals surface area contributed by atoms with Gasteiger partial charge in [0.05, 0.1) is 0 Å². The van der Waals surface area contributed by atoms with Crippen LogP contribution in [0.25, 0.3) is 0 Å². The van der Waals surface area contributed by atoms with Gasteiger partial charge in [0, 0.05) is 16.1 Å². The topological polar surface area (TPSA) is 26.0 Å². The molecule has 0 bridgehead atoms. The number of hydrogen-bond donors (Lipinski definition) is 1. The van der Waals surface area contributed by atoms with Gasteiger partial charge in [-0.2, -0.15) is 0 Å². The summed E-state index contributed by atoms with van der Waals surface area (Å²) in [6.45, 7) is 6.25. The van der Waals surface area contributed by atoms with Crippen LogP contribution in [0, 0.1) is 26.6 Å². The third-order valence-corrected chi connectivity index (χ3v) is 4.12. The quantitative estimate of drug-likeness (QED) is 0.860. The van der Waals surface area contributed by atoms with Gasteiger partial charge in [-0.25, -0.2) is 4.39 Å². The zero-order valence-corrected chi connectivity index (χ0v) is 13.6. The minimum atomic E-state index is -0.330. The van der Waals surface area contributed by atoms with E-state index in [1.165, 1.54) is 28.3 Å². The first-order chi connectivity index (χ1) is 9.38. The molecule has 0 saturated carbocycles. The molecule has 1 nitrogen and oxygen atoms in total. The van der Waals surface area contributed by atoms with E-state index in [9.17, 15) is 4.39 Å². The smallest absolute Gasteiger partial charge is 0.129 e. The fraction of sp³-hybridized carbons (Fsp3) is 0.294. The minimum Gasteiger partial charge on any atom is -0.324 e. The molecule has 106 valence electrons. The summed E-state index contributed by atoms with van der Waals surface area (Å²) >= 11 is 3.26. The maximum atomic E-state index is 14.0. The van der Waals surface area contributed by atoms with E-state index in [0.717, 1.165) is 4.47 Å². The molecule has 3 heteroatoms. The molecule has 0 spiro atoms. The van der Waals surface area contributed by atoms with Gasteiger partial charge in [0.2, 0.25) is 0 Å². The highest BCUT2D eigenvalue weighted by Crippen LogP contribution is 2.25. The zero-order chi connectivity index (χ0) is 14.9. The average Bonchev–Trinajstić information content (AvgIpc) is 2.33. The van der Waals surface area contributed by atoms with Crippen LogP contribution in [0.5, 0.6) is 0 Å². The van der Waals surface area contributed by atoms with Crippen LogP contribution >= 0.6 is 15.9 Å². The van der Waals surface area contributed by atoms with Crippen molar-refractivity contribution in [3.05, 3.63) is 68.4 Å². The Hall–Kier alpha value is -1.19. The lowest BCUT2D eigenvalue weighted by atomic mass is 9.92. The Labute approximate surface area is 128 Å². The minimum absolute atomic E-state index is 0.255. The van der Waals surface area contributed by atoms with Gasteiger partial charge in [-0.15, -0.1) is 0 Å². The Balaban J connectivity index is 2.30. The molecule has 2 aromatic rings. The molecule has 20 heavy (non-hydrogen) atoms. The first-order valence-corrected chi connectivity index (χ1v) is 7.45. The highest BCUT2D eigenvalue weighted by atomic mass is 79.9. The van der Waals surface area contributed by atoms with E-state index in [-0.39, 0.29) is 11.9 Å². The van der Waals surface area contributed by atoms with E-state index in [1.807, 2.05) is 6.07 Å². The highest BCUT2D eigenvalue weighted by Gasteiger charge is 2.15. The second-order valence-corrected chi connectivity index (χ2v) is 6.27. The van der Waals surface area contributed by atoms with Crippen molar-refractivity contribution in [1.29, 1.82) is 0 Å². The van der Waals surface area contributed by atoms with Crippen LogP contribution < -0.4 is 5.73 Å². The summed E-state index contributed by atoms with van der Waals surface area (Å²) in [7, 11) is 0. The number of hydrogen-bond acceptors (Lipinski definition) is 1. The molecular weight excluding hydrogens is 317 g/mol. The molecule has 0 heterocycles. The van der Waals surface area contributed by atoms with Crippen LogP contribution in [0.1, 0.15) is 33.9 Å². The standard InChI is InChI=1S/C17H19BrFN/c1-10-6-11(2)15(12(3)7-10)9-17(20)14-5-4-13(18)8-16(14)19/h4-8,17H,9,20H2,1-3H3. The summed E-state index contributed by atoms with van der Waals surface area (Å²) in [5, 5.41) is 0. The molecule has 0 amide bonds. The third-order valence-electron chi connectivity index (χ3n) is 3.63. The Bertz CT molecular complexity index is 614. The van der Waals surface area contributed by atoms with Crippen molar-refractivity contribution in [2.75, 3.05) is 0 Å². The van der Waals surface area contributed by atoms with Crippen LogP contribution in [0.3, 0.4) is 0 Å². The van der Waals surface area contributed by atoms with Gasteiger partial charge < -0.3 is 5.73 Å². The summed E-state index contributed by atoms with van der Waals surface area (Å²) < 4.78 is 14.7. The molecule has 0 saturated heterocycles. The second-order valence-electron chi connectivity index (χ2n) is 5.35. The largest absolute Gasteiger partial charge is 0.324 e. The highest BCUT2D eigenvalue weighted by molar-refractivity contribution is 9.10. The number of benzene rings is 2. The summed E-state index contributed by atoms with van der Waals surface area (Å²) in [6, 6.07) is 9.00. The predicted molar refractivity (Wildman–Crippen MR) is 85.4 cm³/mol. The maximum Gasteiger partial charge on any atom is 0.129 e. The fourth-order valence-electron chi connectivity index (χ4n) is 2.66. The Morgan fingerprint density at radius 1 is 1.10 bits per heavy atom. The Morgan fingerprint density at radius 3 is 2.25 bits per heavy atom. The SMILES string of the molecule is Cc1cc(C)c(CC(N)c2ccc(Br)cc2F)c(C)c1. The molecule has 2 aromatic carbocycles. The fourth-order valence-corrected chi connectivity index (χ4v) is 3.00. The Kier molecular flexibility index (Phi) is 4.61. The van der Waals surface area contributed by atoms with Crippen LogP contribution in [0.4, 0.5) is 4.39 Å². The van der Waals surface area contributed by atoms with Crippen LogP contribution in [0.2, 0.25) is 0 Å². The van der Waals surface area contributed by atoms with Gasteiger partial charge in [-0.1, -0.05) is 39.7 Å². The number of aryl methyl sites for hydroxylation is 3. The summed E-state index contributed by atoms with van der Waals surface area (Å²) in [6.07, 6.45) is 0.649. The lowest BCUT2D eigenvalue weighted by Gasteiger charge is -2.17. The number of halogens is 2. The first-order valence-electron chi connectivity index (χ1n) is 6.65. The normalized spacial score (nSPS) is 12.5. The van der Waals surface area contributed by atoms with Crippen molar-refractivity contribution in [3.8, 4) is 0 Å². The van der Waals surface area contributed by atoms with Crippen molar-refractivity contribution in [2.24, 2.45) is 5.73 Å². The molecule has 1 atom stereocenters. The van der Waals surface area contributed by atoms with Crippen LogP contribution in [-0.2, 0) is 6.42 Å². The van der Waals surface area contributed by atoms with Crippen molar-refractivity contribution in [1.82, 2.24) is 0 Å². The van der Waals surface area contributed by atoms with Gasteiger partial charge in [0.15, 0.2) is 0 Å². The molecular formula is C17H19BrFN. The zero-order valence-electron chi connectivity index (χ0n) is 12.0.